The van der Waals surface area contributed by atoms with Crippen molar-refractivity contribution in [3.05, 3.63) is 104 Å². The lowest BCUT2D eigenvalue weighted by molar-refractivity contribution is 0.0715. The lowest BCUT2D eigenvalue weighted by Gasteiger charge is -2.35. The molecule has 1 amide bonds. The molecule has 0 spiro atoms. The summed E-state index contributed by atoms with van der Waals surface area (Å²) in [6.45, 7) is 1.04. The Bertz CT molecular complexity index is 1480. The van der Waals surface area contributed by atoms with Crippen molar-refractivity contribution < 1.29 is 4.79 Å². The summed E-state index contributed by atoms with van der Waals surface area (Å²) < 4.78 is 4.13. The van der Waals surface area contributed by atoms with Crippen LogP contribution in [0.3, 0.4) is 0 Å². The summed E-state index contributed by atoms with van der Waals surface area (Å²) in [6.07, 6.45) is 0. The zero-order valence-electron chi connectivity index (χ0n) is 18.3. The third kappa shape index (κ3) is 2.92. The fourth-order valence-electron chi connectivity index (χ4n) is 4.84. The van der Waals surface area contributed by atoms with Crippen molar-refractivity contribution in [2.75, 3.05) is 6.54 Å². The van der Waals surface area contributed by atoms with Crippen molar-refractivity contribution in [2.45, 2.75) is 12.5 Å². The van der Waals surface area contributed by atoms with E-state index < -0.39 is 11.2 Å². The van der Waals surface area contributed by atoms with Gasteiger partial charge in [-0.3, -0.25) is 18.7 Å². The van der Waals surface area contributed by atoms with Crippen molar-refractivity contribution in [3.63, 3.8) is 0 Å². The minimum atomic E-state index is -0.418. The molecule has 0 fully saturated rings. The third-order valence-corrected chi connectivity index (χ3v) is 6.53. The third-order valence-electron chi connectivity index (χ3n) is 6.53. The first kappa shape index (κ1) is 20.1. The number of nitrogens with zero attached hydrogens (tertiary/aromatic N) is 4. The van der Waals surface area contributed by atoms with E-state index in [1.165, 1.54) is 17.2 Å². The van der Waals surface area contributed by atoms with Gasteiger partial charge in [0.2, 0.25) is 0 Å². The minimum absolute atomic E-state index is 0.0667. The molecule has 7 heteroatoms. The van der Waals surface area contributed by atoms with Crippen molar-refractivity contribution in [3.8, 4) is 0 Å². The Morgan fingerprint density at radius 1 is 0.875 bits per heavy atom. The maximum atomic E-state index is 13.7. The first-order valence-electron chi connectivity index (χ1n) is 10.6. The Hall–Kier alpha value is -3.87. The SMILES string of the molecule is Cn1c(=O)c2cc(C(=O)N3Cc4ccccc4C(c4ccccc4)C3)n(C)c2n(C)c1=O. The van der Waals surface area contributed by atoms with Gasteiger partial charge in [-0.05, 0) is 22.8 Å². The van der Waals surface area contributed by atoms with E-state index in [9.17, 15) is 14.4 Å². The Morgan fingerprint density at radius 3 is 2.31 bits per heavy atom. The second-order valence-corrected chi connectivity index (χ2v) is 8.38. The highest BCUT2D eigenvalue weighted by Crippen LogP contribution is 2.34. The van der Waals surface area contributed by atoms with E-state index in [1.807, 2.05) is 35.2 Å². The predicted octanol–water partition coefficient (Wildman–Crippen LogP) is 2.36. The Kier molecular flexibility index (Phi) is 4.62. The predicted molar refractivity (Wildman–Crippen MR) is 123 cm³/mol. The summed E-state index contributed by atoms with van der Waals surface area (Å²) in [4.78, 5) is 40.6. The molecule has 0 saturated carbocycles. The molecule has 162 valence electrons. The molecular weight excluding hydrogens is 404 g/mol. The summed E-state index contributed by atoms with van der Waals surface area (Å²) in [5.74, 6) is -0.0920. The molecule has 2 aromatic heterocycles. The monoisotopic (exact) mass is 428 g/mol. The lowest BCUT2D eigenvalue weighted by atomic mass is 9.84. The summed E-state index contributed by atoms with van der Waals surface area (Å²) in [7, 11) is 4.78. The van der Waals surface area contributed by atoms with Crippen LogP contribution in [0.1, 0.15) is 33.1 Å². The van der Waals surface area contributed by atoms with Gasteiger partial charge in [0.1, 0.15) is 11.3 Å². The van der Waals surface area contributed by atoms with Crippen LogP contribution in [0.25, 0.3) is 11.0 Å². The minimum Gasteiger partial charge on any atom is -0.332 e. The van der Waals surface area contributed by atoms with E-state index in [4.69, 9.17) is 0 Å². The molecule has 0 saturated heterocycles. The molecule has 1 unspecified atom stereocenters. The Labute approximate surface area is 184 Å². The maximum absolute atomic E-state index is 13.7. The first-order valence-corrected chi connectivity index (χ1v) is 10.6. The summed E-state index contributed by atoms with van der Waals surface area (Å²) in [5.41, 5.74) is 3.52. The average Bonchev–Trinajstić information content (AvgIpc) is 3.18. The van der Waals surface area contributed by atoms with Crippen molar-refractivity contribution in [1.29, 1.82) is 0 Å². The van der Waals surface area contributed by atoms with Gasteiger partial charge in [-0.25, -0.2) is 4.79 Å². The van der Waals surface area contributed by atoms with E-state index in [2.05, 4.69) is 24.3 Å². The molecule has 0 aliphatic carbocycles. The zero-order chi connectivity index (χ0) is 22.6. The normalized spacial score (nSPS) is 15.7. The van der Waals surface area contributed by atoms with Gasteiger partial charge in [0.05, 0.1) is 5.39 Å². The maximum Gasteiger partial charge on any atom is 0.332 e. The van der Waals surface area contributed by atoms with E-state index in [1.54, 1.807) is 24.7 Å². The van der Waals surface area contributed by atoms with Crippen LogP contribution >= 0.6 is 0 Å². The van der Waals surface area contributed by atoms with Gasteiger partial charge in [0, 0.05) is 40.2 Å². The number of hydrogen-bond acceptors (Lipinski definition) is 3. The number of benzene rings is 2. The number of carbonyl (C=O) groups is 1. The number of fused-ring (bicyclic) bond motifs is 2. The van der Waals surface area contributed by atoms with Gasteiger partial charge in [-0.2, -0.15) is 0 Å². The van der Waals surface area contributed by atoms with Gasteiger partial charge in [-0.1, -0.05) is 54.6 Å². The molecule has 1 atom stereocenters. The van der Waals surface area contributed by atoms with Crippen LogP contribution in [0.4, 0.5) is 0 Å². The first-order chi connectivity index (χ1) is 15.4. The van der Waals surface area contributed by atoms with Crippen LogP contribution in [0.15, 0.2) is 70.3 Å². The number of carbonyl (C=O) groups excluding carboxylic acids is 1. The van der Waals surface area contributed by atoms with E-state index in [0.29, 0.717) is 29.8 Å². The Morgan fingerprint density at radius 2 is 1.56 bits per heavy atom. The van der Waals surface area contributed by atoms with Crippen LogP contribution in [0, 0.1) is 0 Å². The molecule has 1 aliphatic rings. The fourth-order valence-corrected chi connectivity index (χ4v) is 4.84. The molecular formula is C25H24N4O3. The highest BCUT2D eigenvalue weighted by molar-refractivity contribution is 5.98. The molecule has 1 aliphatic heterocycles. The smallest absolute Gasteiger partial charge is 0.332 e. The zero-order valence-corrected chi connectivity index (χ0v) is 18.3. The second-order valence-electron chi connectivity index (χ2n) is 8.38. The molecule has 0 N–H and O–H groups in total. The van der Waals surface area contributed by atoms with Gasteiger partial charge >= 0.3 is 5.69 Å². The van der Waals surface area contributed by atoms with Crippen LogP contribution in [-0.2, 0) is 27.7 Å². The van der Waals surface area contributed by atoms with Crippen molar-refractivity contribution in [1.82, 2.24) is 18.6 Å². The quantitative estimate of drug-likeness (QED) is 0.492. The van der Waals surface area contributed by atoms with Crippen molar-refractivity contribution >= 4 is 16.9 Å². The molecule has 3 heterocycles. The number of amides is 1. The molecule has 32 heavy (non-hydrogen) atoms. The molecule has 2 aromatic carbocycles. The van der Waals surface area contributed by atoms with Crippen LogP contribution in [-0.4, -0.2) is 31.1 Å². The highest BCUT2D eigenvalue weighted by Gasteiger charge is 2.31. The van der Waals surface area contributed by atoms with E-state index >= 15 is 0 Å². The summed E-state index contributed by atoms with van der Waals surface area (Å²) in [6, 6.07) is 20.0. The molecule has 0 bridgehead atoms. The number of aromatic nitrogens is 3. The van der Waals surface area contributed by atoms with Gasteiger partial charge in [0.15, 0.2) is 0 Å². The number of rotatable bonds is 2. The molecule has 5 rings (SSSR count). The van der Waals surface area contributed by atoms with Crippen molar-refractivity contribution in [2.24, 2.45) is 21.1 Å². The number of aryl methyl sites for hydroxylation is 2. The largest absolute Gasteiger partial charge is 0.332 e. The fraction of sp³-hybridized carbons (Fsp3) is 0.240. The number of hydrogen-bond donors (Lipinski definition) is 0. The van der Waals surface area contributed by atoms with Gasteiger partial charge in [0.25, 0.3) is 11.5 Å². The molecule has 0 radical (unpaired) electrons. The van der Waals surface area contributed by atoms with Gasteiger partial charge < -0.3 is 9.47 Å². The highest BCUT2D eigenvalue weighted by atomic mass is 16.2. The van der Waals surface area contributed by atoms with Crippen LogP contribution < -0.4 is 11.2 Å². The second kappa shape index (κ2) is 7.37. The summed E-state index contributed by atoms with van der Waals surface area (Å²) >= 11 is 0. The van der Waals surface area contributed by atoms with Gasteiger partial charge in [-0.15, -0.1) is 0 Å². The van der Waals surface area contributed by atoms with E-state index in [0.717, 1.165) is 15.7 Å². The molecule has 7 nitrogen and oxygen atoms in total. The van der Waals surface area contributed by atoms with Crippen LogP contribution in [0.2, 0.25) is 0 Å². The lowest BCUT2D eigenvalue weighted by Crippen LogP contribution is -2.39. The van der Waals surface area contributed by atoms with E-state index in [-0.39, 0.29) is 11.8 Å². The summed E-state index contributed by atoms with van der Waals surface area (Å²) in [5, 5.41) is 0.359. The van der Waals surface area contributed by atoms with Crippen LogP contribution in [0.5, 0.6) is 0 Å². The topological polar surface area (TPSA) is 69.2 Å². The standard InChI is InChI=1S/C25H24N4O3/c1-26-21(13-19-22(26)27(2)25(32)28(3)23(19)30)24(31)29-14-17-11-7-8-12-18(17)20(15-29)16-9-5-4-6-10-16/h4-13,20H,14-15H2,1-3H3. The Balaban J connectivity index is 1.61. The molecule has 4 aromatic rings. The average molecular weight is 428 g/mol.